The second-order valence-electron chi connectivity index (χ2n) is 5.35. The smallest absolute Gasteiger partial charge is 0.329 e. The molecule has 0 saturated carbocycles. The van der Waals surface area contributed by atoms with Crippen LogP contribution in [0.4, 0.5) is 5.95 Å². The zero-order chi connectivity index (χ0) is 14.9. The molecule has 2 aromatic heterocycles. The Bertz CT molecular complexity index is 723. The van der Waals surface area contributed by atoms with Crippen molar-refractivity contribution < 1.29 is 0 Å². The third kappa shape index (κ3) is 2.48. The van der Waals surface area contributed by atoms with Crippen molar-refractivity contribution in [3.63, 3.8) is 0 Å². The van der Waals surface area contributed by atoms with Crippen molar-refractivity contribution in [2.45, 2.75) is 33.7 Å². The quantitative estimate of drug-likeness (QED) is 0.851. The zero-order valence-electron chi connectivity index (χ0n) is 12.4. The number of imidazole rings is 1. The molecule has 2 heterocycles. The van der Waals surface area contributed by atoms with Crippen molar-refractivity contribution in [1.29, 1.82) is 0 Å². The fraction of sp³-hybridized carbons (Fsp3) is 0.615. The van der Waals surface area contributed by atoms with E-state index in [2.05, 4.69) is 29.1 Å². The van der Waals surface area contributed by atoms with Crippen molar-refractivity contribution in [3.05, 3.63) is 20.8 Å². The Morgan fingerprint density at radius 3 is 2.65 bits per heavy atom. The summed E-state index contributed by atoms with van der Waals surface area (Å²) in [4.78, 5) is 30.4. The van der Waals surface area contributed by atoms with Crippen molar-refractivity contribution in [2.75, 3.05) is 11.9 Å². The summed E-state index contributed by atoms with van der Waals surface area (Å²) in [6.07, 6.45) is 0.879. The topological polar surface area (TPSA) is 84.7 Å². The number of nitrogens with zero attached hydrogens (tertiary/aromatic N) is 3. The van der Waals surface area contributed by atoms with Gasteiger partial charge in [-0.15, -0.1) is 0 Å². The zero-order valence-corrected chi connectivity index (χ0v) is 12.4. The lowest BCUT2D eigenvalue weighted by molar-refractivity contribution is 0.661. The van der Waals surface area contributed by atoms with E-state index in [0.717, 1.165) is 13.0 Å². The van der Waals surface area contributed by atoms with E-state index < -0.39 is 5.69 Å². The number of nitrogens with one attached hydrogen (secondary N) is 2. The van der Waals surface area contributed by atoms with Crippen LogP contribution in [0.3, 0.4) is 0 Å². The molecule has 0 amide bonds. The summed E-state index contributed by atoms with van der Waals surface area (Å²) in [7, 11) is 1.61. The summed E-state index contributed by atoms with van der Waals surface area (Å²) < 4.78 is 3.21. The first-order chi connectivity index (χ1) is 9.45. The highest BCUT2D eigenvalue weighted by molar-refractivity contribution is 5.74. The van der Waals surface area contributed by atoms with E-state index >= 15 is 0 Å². The van der Waals surface area contributed by atoms with Crippen molar-refractivity contribution >= 4 is 17.1 Å². The van der Waals surface area contributed by atoms with Crippen LogP contribution in [0.1, 0.15) is 27.2 Å². The minimum atomic E-state index is -0.445. The SMILES string of the molecule is CCCn1c(NCC(C)C)nc2c1c(=O)[nH]c(=O)n2C. The van der Waals surface area contributed by atoms with Crippen LogP contribution in [0.15, 0.2) is 9.59 Å². The highest BCUT2D eigenvalue weighted by atomic mass is 16.2. The number of anilines is 1. The Morgan fingerprint density at radius 2 is 2.05 bits per heavy atom. The molecule has 20 heavy (non-hydrogen) atoms. The molecule has 2 rings (SSSR count). The maximum atomic E-state index is 12.0. The first kappa shape index (κ1) is 14.4. The van der Waals surface area contributed by atoms with E-state index in [4.69, 9.17) is 0 Å². The largest absolute Gasteiger partial charge is 0.355 e. The molecule has 0 spiro atoms. The maximum absolute atomic E-state index is 12.0. The van der Waals surface area contributed by atoms with Gasteiger partial charge in [-0.05, 0) is 12.3 Å². The summed E-state index contributed by atoms with van der Waals surface area (Å²) in [6.45, 7) is 7.68. The molecule has 0 aliphatic carbocycles. The van der Waals surface area contributed by atoms with E-state index in [1.807, 2.05) is 11.5 Å². The Morgan fingerprint density at radius 1 is 1.35 bits per heavy atom. The van der Waals surface area contributed by atoms with Crippen molar-refractivity contribution in [1.82, 2.24) is 19.1 Å². The van der Waals surface area contributed by atoms with Crippen LogP contribution in [0, 0.1) is 5.92 Å². The van der Waals surface area contributed by atoms with Crippen LogP contribution in [0.25, 0.3) is 11.2 Å². The molecule has 7 heteroatoms. The lowest BCUT2D eigenvalue weighted by atomic mass is 10.2. The van der Waals surface area contributed by atoms with E-state index in [1.165, 1.54) is 4.57 Å². The summed E-state index contributed by atoms with van der Waals surface area (Å²) in [5, 5.41) is 3.24. The molecule has 0 atom stereocenters. The van der Waals surface area contributed by atoms with Crippen LogP contribution < -0.4 is 16.6 Å². The van der Waals surface area contributed by atoms with Crippen LogP contribution in [-0.2, 0) is 13.6 Å². The minimum absolute atomic E-state index is 0.387. The molecule has 0 aliphatic heterocycles. The maximum Gasteiger partial charge on any atom is 0.329 e. The summed E-state index contributed by atoms with van der Waals surface area (Å²) in [6, 6.07) is 0. The van der Waals surface area contributed by atoms with Crippen LogP contribution in [-0.4, -0.2) is 25.6 Å². The molecular weight excluding hydrogens is 258 g/mol. The average molecular weight is 279 g/mol. The van der Waals surface area contributed by atoms with Gasteiger partial charge in [0.2, 0.25) is 5.95 Å². The first-order valence-corrected chi connectivity index (χ1v) is 6.89. The Balaban J connectivity index is 2.66. The summed E-state index contributed by atoms with van der Waals surface area (Å²) >= 11 is 0. The highest BCUT2D eigenvalue weighted by Gasteiger charge is 2.16. The van der Waals surface area contributed by atoms with Gasteiger partial charge in [-0.1, -0.05) is 20.8 Å². The first-order valence-electron chi connectivity index (χ1n) is 6.89. The number of H-pyrrole nitrogens is 1. The Hall–Kier alpha value is -2.05. The van der Waals surface area contributed by atoms with Gasteiger partial charge in [0.25, 0.3) is 5.56 Å². The molecule has 0 unspecified atom stereocenters. The monoisotopic (exact) mass is 279 g/mol. The average Bonchev–Trinajstić information content (AvgIpc) is 2.74. The van der Waals surface area contributed by atoms with E-state index in [9.17, 15) is 9.59 Å². The second-order valence-corrected chi connectivity index (χ2v) is 5.35. The molecule has 7 nitrogen and oxygen atoms in total. The normalized spacial score (nSPS) is 11.4. The molecule has 0 saturated heterocycles. The Kier molecular flexibility index (Phi) is 3.96. The Labute approximate surface area is 116 Å². The van der Waals surface area contributed by atoms with Gasteiger partial charge in [0.1, 0.15) is 0 Å². The third-order valence-electron chi connectivity index (χ3n) is 3.12. The molecule has 110 valence electrons. The number of aromatic nitrogens is 4. The van der Waals surface area contributed by atoms with Gasteiger partial charge < -0.3 is 9.88 Å². The molecular formula is C13H21N5O2. The standard InChI is InChI=1S/C13H21N5O2/c1-5-6-18-9-10(15-12(18)14-7-8(2)3)17(4)13(20)16-11(9)19/h8H,5-7H2,1-4H3,(H,14,15)(H,16,19,20). The van der Waals surface area contributed by atoms with Crippen molar-refractivity contribution in [3.8, 4) is 0 Å². The number of hydrogen-bond acceptors (Lipinski definition) is 4. The second kappa shape index (κ2) is 5.52. The molecule has 0 aliphatic rings. The van der Waals surface area contributed by atoms with Gasteiger partial charge in [-0.3, -0.25) is 14.3 Å². The molecule has 0 aromatic carbocycles. The van der Waals surface area contributed by atoms with E-state index in [1.54, 1.807) is 7.05 Å². The molecule has 0 radical (unpaired) electrons. The highest BCUT2D eigenvalue weighted by Crippen LogP contribution is 2.16. The van der Waals surface area contributed by atoms with Gasteiger partial charge in [-0.2, -0.15) is 4.98 Å². The van der Waals surface area contributed by atoms with Crippen LogP contribution in [0.5, 0.6) is 0 Å². The molecule has 0 bridgehead atoms. The number of fused-ring (bicyclic) bond motifs is 1. The minimum Gasteiger partial charge on any atom is -0.355 e. The predicted molar refractivity (Wildman–Crippen MR) is 79.2 cm³/mol. The van der Waals surface area contributed by atoms with E-state index in [-0.39, 0.29) is 5.56 Å². The lowest BCUT2D eigenvalue weighted by Crippen LogP contribution is -2.29. The number of aryl methyl sites for hydroxylation is 2. The van der Waals surface area contributed by atoms with Crippen molar-refractivity contribution in [2.24, 2.45) is 13.0 Å². The predicted octanol–water partition coefficient (Wildman–Crippen LogP) is 0.901. The van der Waals surface area contributed by atoms with Gasteiger partial charge >= 0.3 is 5.69 Å². The fourth-order valence-corrected chi connectivity index (χ4v) is 2.11. The van der Waals surface area contributed by atoms with Gasteiger partial charge in [0.05, 0.1) is 0 Å². The number of aromatic amines is 1. The molecule has 0 fully saturated rings. The third-order valence-corrected chi connectivity index (χ3v) is 3.12. The molecule has 2 aromatic rings. The summed E-state index contributed by atoms with van der Waals surface area (Å²) in [5.74, 6) is 1.11. The summed E-state index contributed by atoms with van der Waals surface area (Å²) in [5.41, 5.74) is 0.0272. The van der Waals surface area contributed by atoms with Gasteiger partial charge in [0, 0.05) is 20.1 Å². The van der Waals surface area contributed by atoms with Gasteiger partial charge in [0.15, 0.2) is 11.2 Å². The van der Waals surface area contributed by atoms with E-state index in [0.29, 0.717) is 29.6 Å². The van der Waals surface area contributed by atoms with Gasteiger partial charge in [-0.25, -0.2) is 4.79 Å². The number of rotatable bonds is 5. The number of hydrogen-bond donors (Lipinski definition) is 2. The lowest BCUT2D eigenvalue weighted by Gasteiger charge is -2.10. The fourth-order valence-electron chi connectivity index (χ4n) is 2.11. The van der Waals surface area contributed by atoms with Crippen LogP contribution >= 0.6 is 0 Å². The molecule has 2 N–H and O–H groups in total. The van der Waals surface area contributed by atoms with Crippen LogP contribution in [0.2, 0.25) is 0 Å².